The molecule has 0 heterocycles. The Morgan fingerprint density at radius 1 is 1.25 bits per heavy atom. The minimum absolute atomic E-state index is 0.0187. The Labute approximate surface area is 120 Å². The molecule has 0 saturated heterocycles. The standard InChI is InChI=1S/C17H22O3/c1-11(18)20-17-13(9-12-5-3-2-4-6-12)10-15-14(17)7-8-16(15)19/h2-6,13-17,19H,7-10H2,1H3/t13-,14-,15?,16+,17?/m0/s1. The summed E-state index contributed by atoms with van der Waals surface area (Å²) in [6.07, 6.45) is 3.51. The number of hydrogen-bond acceptors (Lipinski definition) is 3. The zero-order valence-corrected chi connectivity index (χ0v) is 11.9. The van der Waals surface area contributed by atoms with Gasteiger partial charge in [-0.2, -0.15) is 0 Å². The lowest BCUT2D eigenvalue weighted by Crippen LogP contribution is -2.28. The first kappa shape index (κ1) is 13.6. The minimum atomic E-state index is -0.209. The van der Waals surface area contributed by atoms with Gasteiger partial charge in [0.15, 0.2) is 0 Å². The van der Waals surface area contributed by atoms with E-state index in [4.69, 9.17) is 4.74 Å². The van der Waals surface area contributed by atoms with Crippen LogP contribution in [0.4, 0.5) is 0 Å². The third-order valence-electron chi connectivity index (χ3n) is 4.94. The summed E-state index contributed by atoms with van der Waals surface area (Å²) in [6, 6.07) is 10.3. The molecule has 3 nitrogen and oxygen atoms in total. The number of ether oxygens (including phenoxy) is 1. The molecule has 3 heteroatoms. The summed E-state index contributed by atoms with van der Waals surface area (Å²) in [7, 11) is 0. The van der Waals surface area contributed by atoms with E-state index in [1.165, 1.54) is 12.5 Å². The first-order valence-electron chi connectivity index (χ1n) is 7.54. The van der Waals surface area contributed by atoms with Crippen molar-refractivity contribution in [1.29, 1.82) is 0 Å². The average Bonchev–Trinajstić information content (AvgIpc) is 2.93. The normalized spacial score (nSPS) is 35.8. The molecule has 2 fully saturated rings. The minimum Gasteiger partial charge on any atom is -0.462 e. The van der Waals surface area contributed by atoms with Crippen LogP contribution in [0.15, 0.2) is 30.3 Å². The highest BCUT2D eigenvalue weighted by Crippen LogP contribution is 2.49. The molecule has 0 bridgehead atoms. The van der Waals surface area contributed by atoms with Crippen molar-refractivity contribution in [2.75, 3.05) is 0 Å². The molecule has 108 valence electrons. The van der Waals surface area contributed by atoms with E-state index in [0.29, 0.717) is 17.8 Å². The molecule has 1 aromatic rings. The smallest absolute Gasteiger partial charge is 0.302 e. The average molecular weight is 274 g/mol. The van der Waals surface area contributed by atoms with Gasteiger partial charge in [0.25, 0.3) is 0 Å². The number of rotatable bonds is 3. The van der Waals surface area contributed by atoms with Gasteiger partial charge in [-0.15, -0.1) is 0 Å². The van der Waals surface area contributed by atoms with Crippen molar-refractivity contribution in [2.45, 2.75) is 44.8 Å². The van der Waals surface area contributed by atoms with Crippen molar-refractivity contribution in [3.8, 4) is 0 Å². The van der Waals surface area contributed by atoms with E-state index in [1.807, 2.05) is 18.2 Å². The van der Waals surface area contributed by atoms with Crippen molar-refractivity contribution < 1.29 is 14.6 Å². The van der Waals surface area contributed by atoms with Gasteiger partial charge in [0.1, 0.15) is 6.10 Å². The maximum atomic E-state index is 11.4. The molecule has 1 N–H and O–H groups in total. The predicted molar refractivity (Wildman–Crippen MR) is 76.0 cm³/mol. The number of hydrogen-bond donors (Lipinski definition) is 1. The van der Waals surface area contributed by atoms with Crippen LogP contribution in [-0.2, 0) is 16.0 Å². The molecule has 2 aliphatic rings. The maximum Gasteiger partial charge on any atom is 0.302 e. The Kier molecular flexibility index (Phi) is 3.79. The quantitative estimate of drug-likeness (QED) is 0.862. The molecular weight excluding hydrogens is 252 g/mol. The SMILES string of the molecule is CC(=O)OC1[C@@H](Cc2ccccc2)CC2[C@@H]1CC[C@H]2O. The molecule has 2 aliphatic carbocycles. The van der Waals surface area contributed by atoms with Crippen molar-refractivity contribution in [3.63, 3.8) is 0 Å². The first-order chi connectivity index (χ1) is 9.65. The molecular formula is C17H22O3. The van der Waals surface area contributed by atoms with Crippen molar-refractivity contribution >= 4 is 5.97 Å². The highest BCUT2D eigenvalue weighted by molar-refractivity contribution is 5.66. The van der Waals surface area contributed by atoms with Crippen molar-refractivity contribution in [3.05, 3.63) is 35.9 Å². The van der Waals surface area contributed by atoms with Gasteiger partial charge in [-0.3, -0.25) is 4.79 Å². The van der Waals surface area contributed by atoms with Gasteiger partial charge in [0, 0.05) is 18.8 Å². The van der Waals surface area contributed by atoms with Gasteiger partial charge in [0.2, 0.25) is 0 Å². The molecule has 2 unspecified atom stereocenters. The number of esters is 1. The van der Waals surface area contributed by atoms with E-state index in [-0.39, 0.29) is 18.2 Å². The van der Waals surface area contributed by atoms with Gasteiger partial charge < -0.3 is 9.84 Å². The summed E-state index contributed by atoms with van der Waals surface area (Å²) in [4.78, 5) is 11.4. The Hall–Kier alpha value is -1.35. The summed E-state index contributed by atoms with van der Waals surface area (Å²) in [5.74, 6) is 0.803. The second-order valence-corrected chi connectivity index (χ2v) is 6.23. The fourth-order valence-corrected chi connectivity index (χ4v) is 4.14. The van der Waals surface area contributed by atoms with Crippen LogP contribution in [0.5, 0.6) is 0 Å². The van der Waals surface area contributed by atoms with E-state index in [1.54, 1.807) is 0 Å². The maximum absolute atomic E-state index is 11.4. The number of carbonyl (C=O) groups excluding carboxylic acids is 1. The summed E-state index contributed by atoms with van der Waals surface area (Å²) in [5, 5.41) is 10.1. The van der Waals surface area contributed by atoms with E-state index in [0.717, 1.165) is 25.7 Å². The second-order valence-electron chi connectivity index (χ2n) is 6.23. The number of aliphatic hydroxyl groups excluding tert-OH is 1. The molecule has 0 aromatic heterocycles. The highest BCUT2D eigenvalue weighted by Gasteiger charge is 2.50. The Morgan fingerprint density at radius 2 is 2.00 bits per heavy atom. The van der Waals surface area contributed by atoms with Crippen LogP contribution < -0.4 is 0 Å². The van der Waals surface area contributed by atoms with Crippen LogP contribution in [-0.4, -0.2) is 23.3 Å². The second kappa shape index (κ2) is 5.57. The van der Waals surface area contributed by atoms with Crippen LogP contribution in [0.2, 0.25) is 0 Å². The van der Waals surface area contributed by atoms with Gasteiger partial charge in [-0.1, -0.05) is 30.3 Å². The van der Waals surface area contributed by atoms with Crippen LogP contribution >= 0.6 is 0 Å². The van der Waals surface area contributed by atoms with Crippen LogP contribution in [0.3, 0.4) is 0 Å². The van der Waals surface area contributed by atoms with Gasteiger partial charge >= 0.3 is 5.97 Å². The van der Waals surface area contributed by atoms with E-state index < -0.39 is 0 Å². The summed E-state index contributed by atoms with van der Waals surface area (Å²) >= 11 is 0. The molecule has 0 amide bonds. The fourth-order valence-electron chi connectivity index (χ4n) is 4.14. The predicted octanol–water partition coefficient (Wildman–Crippen LogP) is 2.57. The number of benzene rings is 1. The Morgan fingerprint density at radius 3 is 2.70 bits per heavy atom. The third-order valence-corrected chi connectivity index (χ3v) is 4.94. The topological polar surface area (TPSA) is 46.5 Å². The van der Waals surface area contributed by atoms with E-state index in [2.05, 4.69) is 12.1 Å². The molecule has 0 spiro atoms. The monoisotopic (exact) mass is 274 g/mol. The zero-order chi connectivity index (χ0) is 14.1. The Balaban J connectivity index is 1.76. The van der Waals surface area contributed by atoms with Crippen molar-refractivity contribution in [1.82, 2.24) is 0 Å². The Bertz CT molecular complexity index is 470. The lowest BCUT2D eigenvalue weighted by Gasteiger charge is -2.23. The van der Waals surface area contributed by atoms with Crippen LogP contribution in [0.25, 0.3) is 0 Å². The summed E-state index contributed by atoms with van der Waals surface area (Å²) in [6.45, 7) is 1.48. The molecule has 0 radical (unpaired) electrons. The lowest BCUT2D eigenvalue weighted by molar-refractivity contribution is -0.150. The van der Waals surface area contributed by atoms with Crippen LogP contribution in [0.1, 0.15) is 31.7 Å². The van der Waals surface area contributed by atoms with Gasteiger partial charge in [-0.05, 0) is 37.2 Å². The summed E-state index contributed by atoms with van der Waals surface area (Å²) in [5.41, 5.74) is 1.28. The van der Waals surface area contributed by atoms with Crippen molar-refractivity contribution in [2.24, 2.45) is 17.8 Å². The largest absolute Gasteiger partial charge is 0.462 e. The molecule has 1 aromatic carbocycles. The van der Waals surface area contributed by atoms with E-state index >= 15 is 0 Å². The molecule has 0 aliphatic heterocycles. The van der Waals surface area contributed by atoms with Crippen LogP contribution in [0, 0.1) is 17.8 Å². The lowest BCUT2D eigenvalue weighted by atomic mass is 9.92. The number of aliphatic hydroxyl groups is 1. The zero-order valence-electron chi connectivity index (χ0n) is 11.9. The fraction of sp³-hybridized carbons (Fsp3) is 0.588. The third kappa shape index (κ3) is 2.59. The molecule has 2 saturated carbocycles. The molecule has 3 rings (SSSR count). The highest BCUT2D eigenvalue weighted by atomic mass is 16.5. The first-order valence-corrected chi connectivity index (χ1v) is 7.54. The van der Waals surface area contributed by atoms with Gasteiger partial charge in [0.05, 0.1) is 6.10 Å². The summed E-state index contributed by atoms with van der Waals surface area (Å²) < 4.78 is 5.61. The van der Waals surface area contributed by atoms with Gasteiger partial charge in [-0.25, -0.2) is 0 Å². The molecule has 5 atom stereocenters. The van der Waals surface area contributed by atoms with E-state index in [9.17, 15) is 9.90 Å². The number of carbonyl (C=O) groups is 1. The number of fused-ring (bicyclic) bond motifs is 1. The molecule has 20 heavy (non-hydrogen) atoms.